The van der Waals surface area contributed by atoms with E-state index in [9.17, 15) is 0 Å². The van der Waals surface area contributed by atoms with Crippen LogP contribution in [-0.2, 0) is 7.05 Å². The first-order valence-electron chi connectivity index (χ1n) is 4.98. The van der Waals surface area contributed by atoms with Crippen molar-refractivity contribution in [1.29, 1.82) is 0 Å². The van der Waals surface area contributed by atoms with Crippen LogP contribution in [0.5, 0.6) is 0 Å². The Kier molecular flexibility index (Phi) is 3.86. The van der Waals surface area contributed by atoms with Crippen molar-refractivity contribution in [3.05, 3.63) is 5.69 Å². The Morgan fingerprint density at radius 1 is 1.57 bits per heavy atom. The van der Waals surface area contributed by atoms with Crippen LogP contribution in [-0.4, -0.2) is 15.5 Å². The Hall–Kier alpha value is -0.640. The second-order valence-electron chi connectivity index (χ2n) is 3.75. The number of nitrogens with two attached hydrogens (primary N) is 1. The first-order valence-corrected chi connectivity index (χ1v) is 5.96. The van der Waals surface area contributed by atoms with E-state index in [0.717, 1.165) is 28.1 Å². The van der Waals surface area contributed by atoms with E-state index < -0.39 is 0 Å². The molecule has 0 saturated carbocycles. The van der Waals surface area contributed by atoms with Crippen molar-refractivity contribution in [2.75, 3.05) is 11.5 Å². The zero-order valence-electron chi connectivity index (χ0n) is 9.37. The van der Waals surface area contributed by atoms with Crippen molar-refractivity contribution in [2.24, 2.45) is 13.0 Å². The molecule has 1 atom stereocenters. The van der Waals surface area contributed by atoms with Crippen LogP contribution in [0.1, 0.15) is 26.0 Å². The number of aryl methyl sites for hydroxylation is 2. The third-order valence-corrected chi connectivity index (χ3v) is 3.91. The molecule has 0 spiro atoms. The van der Waals surface area contributed by atoms with E-state index in [1.165, 1.54) is 6.42 Å². The predicted octanol–water partition coefficient (Wildman–Crippen LogP) is 2.45. The summed E-state index contributed by atoms with van der Waals surface area (Å²) in [6.45, 7) is 6.41. The second kappa shape index (κ2) is 4.73. The summed E-state index contributed by atoms with van der Waals surface area (Å²) in [5.74, 6) is 1.84. The van der Waals surface area contributed by atoms with Crippen LogP contribution in [0.15, 0.2) is 5.03 Å². The molecule has 0 saturated heterocycles. The maximum absolute atomic E-state index is 5.93. The Labute approximate surface area is 90.1 Å². The fourth-order valence-corrected chi connectivity index (χ4v) is 2.37. The van der Waals surface area contributed by atoms with Gasteiger partial charge in [0, 0.05) is 12.8 Å². The lowest BCUT2D eigenvalue weighted by Gasteiger charge is -2.08. The molecule has 4 heteroatoms. The van der Waals surface area contributed by atoms with Crippen LogP contribution in [0, 0.1) is 12.8 Å². The van der Waals surface area contributed by atoms with Crippen molar-refractivity contribution in [3.63, 3.8) is 0 Å². The van der Waals surface area contributed by atoms with Gasteiger partial charge >= 0.3 is 0 Å². The smallest absolute Gasteiger partial charge is 0.117 e. The normalized spacial score (nSPS) is 13.1. The molecule has 0 bridgehead atoms. The van der Waals surface area contributed by atoms with Crippen molar-refractivity contribution in [3.8, 4) is 0 Å². The van der Waals surface area contributed by atoms with Gasteiger partial charge in [-0.3, -0.25) is 4.68 Å². The molecule has 1 aromatic heterocycles. The van der Waals surface area contributed by atoms with E-state index in [1.807, 2.05) is 18.7 Å². The number of aromatic nitrogens is 2. The monoisotopic (exact) mass is 213 g/mol. The number of hydrogen-bond acceptors (Lipinski definition) is 3. The highest BCUT2D eigenvalue weighted by Gasteiger charge is 2.11. The number of thioether (sulfide) groups is 1. The summed E-state index contributed by atoms with van der Waals surface area (Å²) < 4.78 is 1.87. The molecule has 1 heterocycles. The third kappa shape index (κ3) is 2.44. The molecule has 1 unspecified atom stereocenters. The molecule has 0 aliphatic rings. The van der Waals surface area contributed by atoms with Crippen LogP contribution >= 0.6 is 11.8 Å². The van der Waals surface area contributed by atoms with E-state index in [1.54, 1.807) is 11.8 Å². The van der Waals surface area contributed by atoms with Crippen LogP contribution in [0.25, 0.3) is 0 Å². The van der Waals surface area contributed by atoms with Gasteiger partial charge in [0.2, 0.25) is 0 Å². The first kappa shape index (κ1) is 11.4. The van der Waals surface area contributed by atoms with Crippen molar-refractivity contribution in [1.82, 2.24) is 9.78 Å². The number of anilines is 1. The molecule has 0 aliphatic carbocycles. The molecule has 0 aliphatic heterocycles. The summed E-state index contributed by atoms with van der Waals surface area (Å²) in [5, 5.41) is 5.39. The lowest BCUT2D eigenvalue weighted by molar-refractivity contribution is 0.633. The van der Waals surface area contributed by atoms with Gasteiger partial charge in [0.25, 0.3) is 0 Å². The van der Waals surface area contributed by atoms with Gasteiger partial charge < -0.3 is 5.73 Å². The zero-order chi connectivity index (χ0) is 10.7. The van der Waals surface area contributed by atoms with Crippen LogP contribution < -0.4 is 5.73 Å². The van der Waals surface area contributed by atoms with Crippen molar-refractivity contribution >= 4 is 17.4 Å². The van der Waals surface area contributed by atoms with Crippen molar-refractivity contribution < 1.29 is 0 Å². The minimum Gasteiger partial charge on any atom is -0.395 e. The summed E-state index contributed by atoms with van der Waals surface area (Å²) in [5.41, 5.74) is 7.69. The highest BCUT2D eigenvalue weighted by atomic mass is 32.2. The van der Waals surface area contributed by atoms with Gasteiger partial charge in [-0.25, -0.2) is 0 Å². The Morgan fingerprint density at radius 2 is 2.21 bits per heavy atom. The maximum atomic E-state index is 5.93. The van der Waals surface area contributed by atoms with Crippen molar-refractivity contribution in [2.45, 2.75) is 32.2 Å². The molecule has 0 fully saturated rings. The molecule has 0 amide bonds. The average molecular weight is 213 g/mol. The van der Waals surface area contributed by atoms with Gasteiger partial charge in [0.05, 0.1) is 11.4 Å². The van der Waals surface area contributed by atoms with E-state index >= 15 is 0 Å². The predicted molar refractivity (Wildman–Crippen MR) is 62.5 cm³/mol. The molecule has 14 heavy (non-hydrogen) atoms. The average Bonchev–Trinajstić information content (AvgIpc) is 2.39. The standard InChI is InChI=1S/C10H19N3S/c1-5-7(2)6-14-10-9(11)8(3)12-13(10)4/h7H,5-6,11H2,1-4H3. The summed E-state index contributed by atoms with van der Waals surface area (Å²) in [6, 6.07) is 0. The molecule has 0 radical (unpaired) electrons. The zero-order valence-corrected chi connectivity index (χ0v) is 10.2. The number of hydrogen-bond donors (Lipinski definition) is 1. The van der Waals surface area contributed by atoms with Gasteiger partial charge in [-0.15, -0.1) is 11.8 Å². The molecular formula is C10H19N3S. The molecule has 1 aromatic rings. The highest BCUT2D eigenvalue weighted by Crippen LogP contribution is 2.28. The molecular weight excluding hydrogens is 194 g/mol. The lowest BCUT2D eigenvalue weighted by Crippen LogP contribution is -1.99. The highest BCUT2D eigenvalue weighted by molar-refractivity contribution is 7.99. The van der Waals surface area contributed by atoms with Gasteiger partial charge in [0.15, 0.2) is 0 Å². The Balaban J connectivity index is 2.67. The summed E-state index contributed by atoms with van der Waals surface area (Å²) in [7, 11) is 1.95. The van der Waals surface area contributed by atoms with Gasteiger partial charge in [-0.05, 0) is 12.8 Å². The van der Waals surface area contributed by atoms with Crippen LogP contribution in [0.4, 0.5) is 5.69 Å². The van der Waals surface area contributed by atoms with Gasteiger partial charge in [0.1, 0.15) is 5.03 Å². The second-order valence-corrected chi connectivity index (χ2v) is 4.76. The Bertz CT molecular complexity index is 307. The lowest BCUT2D eigenvalue weighted by atomic mass is 10.2. The van der Waals surface area contributed by atoms with Crippen LogP contribution in [0.2, 0.25) is 0 Å². The largest absolute Gasteiger partial charge is 0.395 e. The SMILES string of the molecule is CCC(C)CSc1c(N)c(C)nn1C. The summed E-state index contributed by atoms with van der Waals surface area (Å²) in [6.07, 6.45) is 1.21. The minimum atomic E-state index is 0.731. The fourth-order valence-electron chi connectivity index (χ4n) is 1.16. The number of nitrogens with zero attached hydrogens (tertiary/aromatic N) is 2. The summed E-state index contributed by atoms with van der Waals surface area (Å²) in [4.78, 5) is 0. The van der Waals surface area contributed by atoms with E-state index in [2.05, 4.69) is 18.9 Å². The fraction of sp³-hybridized carbons (Fsp3) is 0.700. The molecule has 1 rings (SSSR count). The van der Waals surface area contributed by atoms with E-state index in [0.29, 0.717) is 0 Å². The van der Waals surface area contributed by atoms with E-state index in [-0.39, 0.29) is 0 Å². The van der Waals surface area contributed by atoms with Gasteiger partial charge in [-0.2, -0.15) is 5.10 Å². The summed E-state index contributed by atoms with van der Waals surface area (Å²) >= 11 is 1.80. The first-order chi connectivity index (χ1) is 6.56. The quantitative estimate of drug-likeness (QED) is 0.781. The van der Waals surface area contributed by atoms with E-state index in [4.69, 9.17) is 5.73 Å². The maximum Gasteiger partial charge on any atom is 0.117 e. The topological polar surface area (TPSA) is 43.8 Å². The molecule has 2 N–H and O–H groups in total. The molecule has 3 nitrogen and oxygen atoms in total. The molecule has 0 aromatic carbocycles. The third-order valence-electron chi connectivity index (χ3n) is 2.42. The van der Waals surface area contributed by atoms with Gasteiger partial charge in [-0.1, -0.05) is 20.3 Å². The number of rotatable bonds is 4. The molecule has 80 valence electrons. The minimum absolute atomic E-state index is 0.731. The van der Waals surface area contributed by atoms with Crippen LogP contribution in [0.3, 0.4) is 0 Å². The number of nitrogen functional groups attached to an aromatic ring is 1. The Morgan fingerprint density at radius 3 is 2.64 bits per heavy atom.